The summed E-state index contributed by atoms with van der Waals surface area (Å²) < 4.78 is 4.77. The molecule has 7 nitrogen and oxygen atoms in total. The SMILES string of the molecule is CCOC(=O)CNC(=O)CC(O)c1cccc2[nH]c(CCc3ccccc3)nc12. The van der Waals surface area contributed by atoms with Crippen LogP contribution >= 0.6 is 0 Å². The summed E-state index contributed by atoms with van der Waals surface area (Å²) in [6.07, 6.45) is 0.416. The van der Waals surface area contributed by atoms with Gasteiger partial charge in [-0.15, -0.1) is 0 Å². The third-order valence-corrected chi connectivity index (χ3v) is 4.56. The molecule has 1 amide bonds. The molecule has 29 heavy (non-hydrogen) atoms. The molecule has 2 aromatic carbocycles. The Morgan fingerprint density at radius 1 is 1.14 bits per heavy atom. The molecule has 1 aromatic heterocycles. The van der Waals surface area contributed by atoms with Gasteiger partial charge in [-0.25, -0.2) is 4.98 Å². The van der Waals surface area contributed by atoms with E-state index in [1.165, 1.54) is 5.56 Å². The number of para-hydroxylation sites is 1. The predicted molar refractivity (Wildman–Crippen MR) is 109 cm³/mol. The minimum Gasteiger partial charge on any atom is -0.465 e. The zero-order valence-electron chi connectivity index (χ0n) is 16.4. The lowest BCUT2D eigenvalue weighted by atomic mass is 10.0. The molecule has 3 aromatic rings. The van der Waals surface area contributed by atoms with Crippen LogP contribution in [0, 0.1) is 0 Å². The van der Waals surface area contributed by atoms with Gasteiger partial charge in [0.05, 0.1) is 30.2 Å². The molecule has 1 heterocycles. The predicted octanol–water partition coefficient (Wildman–Crippen LogP) is 2.45. The number of aliphatic hydroxyl groups excluding tert-OH is 1. The molecule has 3 N–H and O–H groups in total. The van der Waals surface area contributed by atoms with Gasteiger partial charge in [0.1, 0.15) is 12.4 Å². The number of fused-ring (bicyclic) bond motifs is 1. The monoisotopic (exact) mass is 395 g/mol. The van der Waals surface area contributed by atoms with Crippen molar-refractivity contribution in [2.75, 3.05) is 13.2 Å². The van der Waals surface area contributed by atoms with Crippen LogP contribution in [-0.4, -0.2) is 40.1 Å². The second-order valence-electron chi connectivity index (χ2n) is 6.71. The number of carbonyl (C=O) groups is 2. The third kappa shape index (κ3) is 5.65. The van der Waals surface area contributed by atoms with E-state index in [9.17, 15) is 14.7 Å². The second-order valence-corrected chi connectivity index (χ2v) is 6.71. The molecule has 3 rings (SSSR count). The maximum Gasteiger partial charge on any atom is 0.325 e. The van der Waals surface area contributed by atoms with Crippen molar-refractivity contribution in [3.63, 3.8) is 0 Å². The molecule has 0 aliphatic carbocycles. The summed E-state index contributed by atoms with van der Waals surface area (Å²) in [5.41, 5.74) is 3.28. The first-order valence-electron chi connectivity index (χ1n) is 9.68. The first kappa shape index (κ1) is 20.5. The number of H-pyrrole nitrogens is 1. The summed E-state index contributed by atoms with van der Waals surface area (Å²) in [5.74, 6) is -0.106. The van der Waals surface area contributed by atoms with E-state index >= 15 is 0 Å². The van der Waals surface area contributed by atoms with Crippen molar-refractivity contribution >= 4 is 22.9 Å². The number of aliphatic hydroxyl groups is 1. The summed E-state index contributed by atoms with van der Waals surface area (Å²) >= 11 is 0. The van der Waals surface area contributed by atoms with Crippen LogP contribution in [0.1, 0.15) is 36.4 Å². The van der Waals surface area contributed by atoms with Gasteiger partial charge in [0.2, 0.25) is 5.91 Å². The fraction of sp³-hybridized carbons (Fsp3) is 0.318. The van der Waals surface area contributed by atoms with Crippen LogP contribution in [0.15, 0.2) is 48.5 Å². The lowest BCUT2D eigenvalue weighted by molar-refractivity contribution is -0.143. The number of rotatable bonds is 9. The molecule has 0 aliphatic heterocycles. The highest BCUT2D eigenvalue weighted by atomic mass is 16.5. The van der Waals surface area contributed by atoms with Crippen molar-refractivity contribution in [2.45, 2.75) is 32.3 Å². The Kier molecular flexibility index (Phi) is 6.97. The number of ether oxygens (including phenoxy) is 1. The van der Waals surface area contributed by atoms with Gasteiger partial charge in [-0.3, -0.25) is 9.59 Å². The van der Waals surface area contributed by atoms with Gasteiger partial charge < -0.3 is 20.1 Å². The molecule has 0 spiro atoms. The van der Waals surface area contributed by atoms with E-state index in [1.807, 2.05) is 30.3 Å². The van der Waals surface area contributed by atoms with Crippen molar-refractivity contribution < 1.29 is 19.4 Å². The minimum atomic E-state index is -1.02. The Bertz CT molecular complexity index is 969. The average molecular weight is 395 g/mol. The normalized spacial score (nSPS) is 11.9. The van der Waals surface area contributed by atoms with Crippen molar-refractivity contribution in [1.29, 1.82) is 0 Å². The van der Waals surface area contributed by atoms with Crippen LogP contribution in [0.4, 0.5) is 0 Å². The second kappa shape index (κ2) is 9.84. The fourth-order valence-electron chi connectivity index (χ4n) is 3.14. The smallest absolute Gasteiger partial charge is 0.325 e. The summed E-state index contributed by atoms with van der Waals surface area (Å²) in [4.78, 5) is 31.3. The van der Waals surface area contributed by atoms with Crippen LogP contribution in [-0.2, 0) is 27.2 Å². The molecule has 0 fully saturated rings. The Labute approximate surface area is 169 Å². The van der Waals surface area contributed by atoms with Crippen molar-refractivity contribution in [3.05, 3.63) is 65.5 Å². The first-order chi connectivity index (χ1) is 14.1. The lowest BCUT2D eigenvalue weighted by Gasteiger charge is -2.11. The number of amides is 1. The number of esters is 1. The van der Waals surface area contributed by atoms with Crippen LogP contribution in [0.2, 0.25) is 0 Å². The minimum absolute atomic E-state index is 0.162. The Morgan fingerprint density at radius 2 is 1.93 bits per heavy atom. The molecule has 7 heteroatoms. The van der Waals surface area contributed by atoms with Gasteiger partial charge in [0.25, 0.3) is 0 Å². The highest BCUT2D eigenvalue weighted by molar-refractivity contribution is 5.84. The zero-order valence-corrected chi connectivity index (χ0v) is 16.4. The molecule has 0 saturated heterocycles. The number of nitrogens with one attached hydrogen (secondary N) is 2. The summed E-state index contributed by atoms with van der Waals surface area (Å²) in [5, 5.41) is 13.0. The average Bonchev–Trinajstić information content (AvgIpc) is 3.15. The van der Waals surface area contributed by atoms with Crippen LogP contribution in [0.5, 0.6) is 0 Å². The first-order valence-corrected chi connectivity index (χ1v) is 9.68. The van der Waals surface area contributed by atoms with Gasteiger partial charge in [-0.05, 0) is 25.0 Å². The van der Waals surface area contributed by atoms with Crippen LogP contribution in [0.3, 0.4) is 0 Å². The van der Waals surface area contributed by atoms with Gasteiger partial charge in [-0.2, -0.15) is 0 Å². The lowest BCUT2D eigenvalue weighted by Crippen LogP contribution is -2.31. The number of benzene rings is 2. The van der Waals surface area contributed by atoms with Gasteiger partial charge in [0, 0.05) is 12.0 Å². The third-order valence-electron chi connectivity index (χ3n) is 4.56. The Morgan fingerprint density at radius 3 is 2.69 bits per heavy atom. The molecule has 0 bridgehead atoms. The molecule has 152 valence electrons. The Balaban J connectivity index is 1.65. The molecule has 1 unspecified atom stereocenters. The molecule has 1 atom stereocenters. The molecular weight excluding hydrogens is 370 g/mol. The molecule has 0 saturated carbocycles. The fourth-order valence-corrected chi connectivity index (χ4v) is 3.14. The van der Waals surface area contributed by atoms with Gasteiger partial charge in [-0.1, -0.05) is 42.5 Å². The number of nitrogens with zero attached hydrogens (tertiary/aromatic N) is 1. The van der Waals surface area contributed by atoms with Gasteiger partial charge >= 0.3 is 5.97 Å². The van der Waals surface area contributed by atoms with Crippen molar-refractivity contribution in [1.82, 2.24) is 15.3 Å². The van der Waals surface area contributed by atoms with E-state index < -0.39 is 18.0 Å². The van der Waals surface area contributed by atoms with E-state index in [1.54, 1.807) is 13.0 Å². The molecule has 0 aliphatic rings. The summed E-state index contributed by atoms with van der Waals surface area (Å²) in [6.45, 7) is 1.74. The molecule has 0 radical (unpaired) electrons. The zero-order chi connectivity index (χ0) is 20.6. The number of carbonyl (C=O) groups excluding carboxylic acids is 2. The van der Waals surface area contributed by atoms with Gasteiger partial charge in [0.15, 0.2) is 0 Å². The topological polar surface area (TPSA) is 104 Å². The number of imidazole rings is 1. The van der Waals surface area contributed by atoms with Crippen molar-refractivity contribution in [3.8, 4) is 0 Å². The van der Waals surface area contributed by atoms with Crippen LogP contribution < -0.4 is 5.32 Å². The number of aryl methyl sites for hydroxylation is 2. The largest absolute Gasteiger partial charge is 0.465 e. The highest BCUT2D eigenvalue weighted by Crippen LogP contribution is 2.25. The van der Waals surface area contributed by atoms with Crippen molar-refractivity contribution in [2.24, 2.45) is 0 Å². The number of hydrogen-bond acceptors (Lipinski definition) is 5. The van der Waals surface area contributed by atoms with E-state index in [0.29, 0.717) is 11.1 Å². The number of aromatic nitrogens is 2. The van der Waals surface area contributed by atoms with E-state index in [-0.39, 0.29) is 19.6 Å². The number of hydrogen-bond donors (Lipinski definition) is 3. The maximum atomic E-state index is 12.0. The van der Waals surface area contributed by atoms with E-state index in [0.717, 1.165) is 24.2 Å². The molecular formula is C22H25N3O4. The number of aromatic amines is 1. The summed E-state index contributed by atoms with van der Waals surface area (Å²) in [6, 6.07) is 15.6. The highest BCUT2D eigenvalue weighted by Gasteiger charge is 2.18. The Hall–Kier alpha value is -3.19. The van der Waals surface area contributed by atoms with Crippen LogP contribution in [0.25, 0.3) is 11.0 Å². The quantitative estimate of drug-likeness (QED) is 0.483. The maximum absolute atomic E-state index is 12.0. The van der Waals surface area contributed by atoms with E-state index in [4.69, 9.17) is 4.74 Å². The standard InChI is InChI=1S/C22H25N3O4/c1-2-29-21(28)14-23-20(27)13-18(26)16-9-6-10-17-22(16)25-19(24-17)12-11-15-7-4-3-5-8-15/h3-10,18,26H,2,11-14H2,1H3,(H,23,27)(H,24,25). The van der Waals surface area contributed by atoms with E-state index in [2.05, 4.69) is 27.4 Å². The summed E-state index contributed by atoms with van der Waals surface area (Å²) in [7, 11) is 0.